The molecule has 1 fully saturated rings. The molecule has 4 nitrogen and oxygen atoms in total. The maximum atomic E-state index is 6.35. The van der Waals surface area contributed by atoms with Gasteiger partial charge in [-0.25, -0.2) is 0 Å². The fraction of sp³-hybridized carbons (Fsp3) is 0.625. The topological polar surface area (TPSA) is 33.7 Å². The highest BCUT2D eigenvalue weighted by molar-refractivity contribution is 6.32. The normalized spacial score (nSPS) is 19.4. The lowest BCUT2D eigenvalue weighted by molar-refractivity contribution is 0.194. The van der Waals surface area contributed by atoms with Crippen molar-refractivity contribution in [3.63, 3.8) is 0 Å². The van der Waals surface area contributed by atoms with Gasteiger partial charge < -0.3 is 14.8 Å². The second-order valence-electron chi connectivity index (χ2n) is 5.79. The molecule has 1 aromatic rings. The lowest BCUT2D eigenvalue weighted by atomic mass is 10.0. The number of halogens is 2. The van der Waals surface area contributed by atoms with Gasteiger partial charge in [0, 0.05) is 19.0 Å². The van der Waals surface area contributed by atoms with Gasteiger partial charge >= 0.3 is 0 Å². The Morgan fingerprint density at radius 2 is 1.95 bits per heavy atom. The van der Waals surface area contributed by atoms with Crippen molar-refractivity contribution in [2.75, 3.05) is 33.4 Å². The molecule has 0 unspecified atom stereocenters. The molecule has 0 aromatic heterocycles. The third kappa shape index (κ3) is 4.19. The minimum absolute atomic E-state index is 0. The number of fused-ring (bicyclic) bond motifs is 1. The summed E-state index contributed by atoms with van der Waals surface area (Å²) in [5, 5.41) is 4.02. The molecule has 0 saturated carbocycles. The first kappa shape index (κ1) is 17.7. The first-order chi connectivity index (χ1) is 10.3. The van der Waals surface area contributed by atoms with E-state index in [0.29, 0.717) is 30.0 Å². The minimum Gasteiger partial charge on any atom is -0.489 e. The van der Waals surface area contributed by atoms with Crippen LogP contribution in [-0.2, 0) is 6.54 Å². The van der Waals surface area contributed by atoms with E-state index < -0.39 is 0 Å². The lowest BCUT2D eigenvalue weighted by Crippen LogP contribution is -2.40. The number of nitrogens with one attached hydrogen (secondary N) is 1. The van der Waals surface area contributed by atoms with Gasteiger partial charge in [0.1, 0.15) is 0 Å². The number of likely N-dealkylation sites (tertiary alicyclic amines) is 1. The van der Waals surface area contributed by atoms with Crippen LogP contribution in [0.25, 0.3) is 0 Å². The molecule has 3 rings (SSSR count). The average molecular weight is 347 g/mol. The molecule has 2 aliphatic rings. The van der Waals surface area contributed by atoms with Gasteiger partial charge in [0.15, 0.2) is 11.5 Å². The molecular weight excluding hydrogens is 323 g/mol. The Morgan fingerprint density at radius 3 is 2.68 bits per heavy atom. The first-order valence-corrected chi connectivity index (χ1v) is 8.11. The summed E-state index contributed by atoms with van der Waals surface area (Å²) in [6, 6.07) is 4.75. The van der Waals surface area contributed by atoms with Gasteiger partial charge in [-0.05, 0) is 50.7 Å². The van der Waals surface area contributed by atoms with Crippen LogP contribution in [-0.4, -0.2) is 44.3 Å². The van der Waals surface area contributed by atoms with Gasteiger partial charge in [0.2, 0.25) is 0 Å². The standard InChI is InChI=1S/C16H23ClN2O2.ClH/c1-18-13-3-5-19(6-4-13)11-12-9-14(17)16-15(10-12)20-7-2-8-21-16;/h9-10,13,18H,2-8,11H2,1H3;1H. The van der Waals surface area contributed by atoms with Crippen LogP contribution in [0, 0.1) is 0 Å². The number of benzene rings is 1. The Kier molecular flexibility index (Phi) is 6.63. The van der Waals surface area contributed by atoms with Crippen molar-refractivity contribution in [2.45, 2.75) is 31.8 Å². The number of hydrogen-bond donors (Lipinski definition) is 1. The second-order valence-corrected chi connectivity index (χ2v) is 6.20. The van der Waals surface area contributed by atoms with E-state index in [2.05, 4.69) is 16.3 Å². The van der Waals surface area contributed by atoms with Crippen LogP contribution in [0.1, 0.15) is 24.8 Å². The van der Waals surface area contributed by atoms with Crippen molar-refractivity contribution in [1.82, 2.24) is 10.2 Å². The number of nitrogens with zero attached hydrogens (tertiary/aromatic N) is 1. The zero-order valence-corrected chi connectivity index (χ0v) is 14.5. The fourth-order valence-corrected chi connectivity index (χ4v) is 3.30. The van der Waals surface area contributed by atoms with E-state index in [-0.39, 0.29) is 12.4 Å². The van der Waals surface area contributed by atoms with Gasteiger partial charge in [-0.3, -0.25) is 4.90 Å². The van der Waals surface area contributed by atoms with Crippen LogP contribution in [0.4, 0.5) is 0 Å². The molecule has 0 bridgehead atoms. The summed E-state index contributed by atoms with van der Waals surface area (Å²) in [7, 11) is 2.05. The van der Waals surface area contributed by atoms with Gasteiger partial charge in [0.05, 0.1) is 18.2 Å². The molecule has 0 aliphatic carbocycles. The maximum absolute atomic E-state index is 6.35. The molecule has 1 N–H and O–H groups in total. The Bertz CT molecular complexity index is 491. The number of piperidine rings is 1. The molecule has 1 saturated heterocycles. The third-order valence-corrected chi connectivity index (χ3v) is 4.54. The van der Waals surface area contributed by atoms with Crippen molar-refractivity contribution in [3.8, 4) is 11.5 Å². The maximum Gasteiger partial charge on any atom is 0.179 e. The summed E-state index contributed by atoms with van der Waals surface area (Å²) in [6.07, 6.45) is 3.31. The largest absolute Gasteiger partial charge is 0.489 e. The molecular formula is C16H24Cl2N2O2. The highest BCUT2D eigenvalue weighted by atomic mass is 35.5. The average Bonchev–Trinajstić information content (AvgIpc) is 2.74. The van der Waals surface area contributed by atoms with Gasteiger partial charge in [-0.15, -0.1) is 12.4 Å². The number of rotatable bonds is 3. The zero-order chi connectivity index (χ0) is 14.7. The SMILES string of the molecule is CNC1CCN(Cc2cc(Cl)c3c(c2)OCCCO3)CC1.Cl. The summed E-state index contributed by atoms with van der Waals surface area (Å²) < 4.78 is 11.4. The van der Waals surface area contributed by atoms with E-state index in [1.807, 2.05) is 13.1 Å². The van der Waals surface area contributed by atoms with Crippen molar-refractivity contribution in [3.05, 3.63) is 22.7 Å². The van der Waals surface area contributed by atoms with Crippen LogP contribution in [0.2, 0.25) is 5.02 Å². The molecule has 0 amide bonds. The predicted molar refractivity (Wildman–Crippen MR) is 91.7 cm³/mol. The van der Waals surface area contributed by atoms with Crippen molar-refractivity contribution >= 4 is 24.0 Å². The molecule has 2 aliphatic heterocycles. The van der Waals surface area contributed by atoms with E-state index in [4.69, 9.17) is 21.1 Å². The Hall–Kier alpha value is -0.680. The molecule has 6 heteroatoms. The van der Waals surface area contributed by atoms with E-state index >= 15 is 0 Å². The Morgan fingerprint density at radius 1 is 1.23 bits per heavy atom. The van der Waals surface area contributed by atoms with E-state index in [9.17, 15) is 0 Å². The second kappa shape index (κ2) is 8.25. The van der Waals surface area contributed by atoms with Gasteiger partial charge in [0.25, 0.3) is 0 Å². The monoisotopic (exact) mass is 346 g/mol. The van der Waals surface area contributed by atoms with Crippen molar-refractivity contribution in [2.24, 2.45) is 0 Å². The van der Waals surface area contributed by atoms with Crippen LogP contribution >= 0.6 is 24.0 Å². The van der Waals surface area contributed by atoms with Crippen LogP contribution in [0.3, 0.4) is 0 Å². The van der Waals surface area contributed by atoms with Gasteiger partial charge in [-0.2, -0.15) is 0 Å². The van der Waals surface area contributed by atoms with Crippen LogP contribution in [0.15, 0.2) is 12.1 Å². The fourth-order valence-electron chi connectivity index (χ4n) is 3.01. The number of ether oxygens (including phenoxy) is 2. The van der Waals surface area contributed by atoms with E-state index in [0.717, 1.165) is 31.8 Å². The molecule has 124 valence electrons. The van der Waals surface area contributed by atoms with E-state index in [1.54, 1.807) is 0 Å². The zero-order valence-electron chi connectivity index (χ0n) is 12.9. The smallest absolute Gasteiger partial charge is 0.179 e. The minimum atomic E-state index is 0. The summed E-state index contributed by atoms with van der Waals surface area (Å²) in [6.45, 7) is 4.53. The third-order valence-electron chi connectivity index (χ3n) is 4.26. The summed E-state index contributed by atoms with van der Waals surface area (Å²) in [5.74, 6) is 1.49. The Labute approximate surface area is 143 Å². The molecule has 1 aromatic carbocycles. The van der Waals surface area contributed by atoms with E-state index in [1.165, 1.54) is 18.4 Å². The lowest BCUT2D eigenvalue weighted by Gasteiger charge is -2.31. The van der Waals surface area contributed by atoms with Crippen molar-refractivity contribution in [1.29, 1.82) is 0 Å². The highest BCUT2D eigenvalue weighted by Crippen LogP contribution is 2.38. The summed E-state index contributed by atoms with van der Waals surface area (Å²) in [5.41, 5.74) is 1.20. The highest BCUT2D eigenvalue weighted by Gasteiger charge is 2.20. The van der Waals surface area contributed by atoms with Crippen molar-refractivity contribution < 1.29 is 9.47 Å². The first-order valence-electron chi connectivity index (χ1n) is 7.74. The Balaban J connectivity index is 0.00000176. The molecule has 2 heterocycles. The summed E-state index contributed by atoms with van der Waals surface area (Å²) in [4.78, 5) is 2.48. The molecule has 22 heavy (non-hydrogen) atoms. The molecule has 0 radical (unpaired) electrons. The molecule has 0 spiro atoms. The quantitative estimate of drug-likeness (QED) is 0.911. The van der Waals surface area contributed by atoms with Crippen LogP contribution < -0.4 is 14.8 Å². The van der Waals surface area contributed by atoms with Crippen LogP contribution in [0.5, 0.6) is 11.5 Å². The number of hydrogen-bond acceptors (Lipinski definition) is 4. The van der Waals surface area contributed by atoms with Gasteiger partial charge in [-0.1, -0.05) is 11.6 Å². The summed E-state index contributed by atoms with van der Waals surface area (Å²) >= 11 is 6.35. The predicted octanol–water partition coefficient (Wildman–Crippen LogP) is 3.11. The molecule has 0 atom stereocenters.